The fourth-order valence-corrected chi connectivity index (χ4v) is 5.28. The molecule has 0 unspecified atom stereocenters. The number of benzene rings is 2. The third kappa shape index (κ3) is 4.34. The molecule has 2 aromatic carbocycles. The molecule has 3 heterocycles. The van der Waals surface area contributed by atoms with Gasteiger partial charge in [-0.25, -0.2) is 15.0 Å². The first kappa shape index (κ1) is 20.6. The lowest BCUT2D eigenvalue weighted by atomic mass is 10.0. The van der Waals surface area contributed by atoms with Crippen LogP contribution >= 0.6 is 11.3 Å². The summed E-state index contributed by atoms with van der Waals surface area (Å²) in [6.07, 6.45) is 4.71. The Morgan fingerprint density at radius 1 is 0.969 bits per heavy atom. The van der Waals surface area contributed by atoms with E-state index < -0.39 is 0 Å². The van der Waals surface area contributed by atoms with Gasteiger partial charge in [-0.05, 0) is 29.3 Å². The van der Waals surface area contributed by atoms with Crippen LogP contribution in [-0.2, 0) is 17.6 Å². The number of hydrogen-bond acceptors (Lipinski definition) is 6. The third-order valence-electron chi connectivity index (χ3n) is 5.94. The SMILES string of the molecule is Cc1nc(Cc2cccc3ccccc23)sc1CC(=O)N1CCN(c2ncccn2)CC1. The van der Waals surface area contributed by atoms with E-state index in [0.29, 0.717) is 19.5 Å². The van der Waals surface area contributed by atoms with Crippen LogP contribution in [-0.4, -0.2) is 51.9 Å². The number of piperazine rings is 1. The quantitative estimate of drug-likeness (QED) is 0.469. The number of rotatable bonds is 5. The van der Waals surface area contributed by atoms with Crippen LogP contribution in [0.4, 0.5) is 5.95 Å². The fourth-order valence-electron chi connectivity index (χ4n) is 4.20. The number of nitrogens with zero attached hydrogens (tertiary/aromatic N) is 5. The van der Waals surface area contributed by atoms with E-state index in [0.717, 1.165) is 41.0 Å². The monoisotopic (exact) mass is 443 g/mol. The molecule has 1 saturated heterocycles. The van der Waals surface area contributed by atoms with Gasteiger partial charge in [-0.1, -0.05) is 42.5 Å². The van der Waals surface area contributed by atoms with Crippen molar-refractivity contribution in [1.29, 1.82) is 0 Å². The first-order valence-electron chi connectivity index (χ1n) is 10.9. The fraction of sp³-hybridized carbons (Fsp3) is 0.280. The molecule has 0 atom stereocenters. The van der Waals surface area contributed by atoms with Gasteiger partial charge in [0.1, 0.15) is 0 Å². The number of hydrogen-bond donors (Lipinski definition) is 0. The molecule has 6 nitrogen and oxygen atoms in total. The number of aryl methyl sites for hydroxylation is 1. The Balaban J connectivity index is 1.23. The van der Waals surface area contributed by atoms with E-state index in [1.54, 1.807) is 23.7 Å². The zero-order valence-corrected chi connectivity index (χ0v) is 18.9. The Labute approximate surface area is 191 Å². The van der Waals surface area contributed by atoms with Crippen molar-refractivity contribution >= 4 is 34.0 Å². The van der Waals surface area contributed by atoms with Crippen LogP contribution in [0, 0.1) is 6.92 Å². The van der Waals surface area contributed by atoms with Gasteiger partial charge in [0, 0.05) is 49.9 Å². The van der Waals surface area contributed by atoms with Crippen molar-refractivity contribution in [2.45, 2.75) is 19.8 Å². The summed E-state index contributed by atoms with van der Waals surface area (Å²) in [5.41, 5.74) is 2.24. The lowest BCUT2D eigenvalue weighted by Crippen LogP contribution is -2.49. The van der Waals surface area contributed by atoms with E-state index in [1.807, 2.05) is 17.9 Å². The standard InChI is InChI=1S/C25H25N5OS/c1-18-22(17-24(31)29-12-14-30(15-13-29)25-26-10-5-11-27-25)32-23(28-18)16-20-8-4-7-19-6-2-3-9-21(19)20/h2-11H,12-17H2,1H3. The zero-order valence-electron chi connectivity index (χ0n) is 18.1. The molecule has 5 rings (SSSR count). The number of fused-ring (bicyclic) bond motifs is 1. The van der Waals surface area contributed by atoms with Gasteiger partial charge in [-0.15, -0.1) is 11.3 Å². The number of carbonyl (C=O) groups is 1. The van der Waals surface area contributed by atoms with Gasteiger partial charge in [0.05, 0.1) is 17.1 Å². The van der Waals surface area contributed by atoms with E-state index in [4.69, 9.17) is 4.98 Å². The Bertz CT molecular complexity index is 1230. The van der Waals surface area contributed by atoms with Crippen LogP contribution < -0.4 is 4.90 Å². The van der Waals surface area contributed by atoms with Crippen LogP contribution in [0.25, 0.3) is 10.8 Å². The lowest BCUT2D eigenvalue weighted by molar-refractivity contribution is -0.130. The average Bonchev–Trinajstić information content (AvgIpc) is 3.18. The predicted octanol–water partition coefficient (Wildman–Crippen LogP) is 3.88. The Morgan fingerprint density at radius 2 is 1.72 bits per heavy atom. The van der Waals surface area contributed by atoms with Crippen molar-refractivity contribution < 1.29 is 4.79 Å². The van der Waals surface area contributed by atoms with Gasteiger partial charge in [0.25, 0.3) is 0 Å². The van der Waals surface area contributed by atoms with E-state index >= 15 is 0 Å². The molecule has 1 aliphatic heterocycles. The van der Waals surface area contributed by atoms with Gasteiger partial charge in [0.15, 0.2) is 0 Å². The number of carbonyl (C=O) groups excluding carboxylic acids is 1. The van der Waals surface area contributed by atoms with Crippen molar-refractivity contribution in [3.63, 3.8) is 0 Å². The van der Waals surface area contributed by atoms with Gasteiger partial charge in [-0.3, -0.25) is 4.79 Å². The molecule has 2 aromatic heterocycles. The predicted molar refractivity (Wildman–Crippen MR) is 128 cm³/mol. The zero-order chi connectivity index (χ0) is 21.9. The van der Waals surface area contributed by atoms with Crippen molar-refractivity contribution in [3.05, 3.63) is 82.1 Å². The lowest BCUT2D eigenvalue weighted by Gasteiger charge is -2.34. The number of aromatic nitrogens is 3. The Hall–Kier alpha value is -3.32. The molecule has 0 N–H and O–H groups in total. The smallest absolute Gasteiger partial charge is 0.228 e. The molecule has 0 saturated carbocycles. The van der Waals surface area contributed by atoms with Gasteiger partial charge in [-0.2, -0.15) is 0 Å². The molecule has 32 heavy (non-hydrogen) atoms. The van der Waals surface area contributed by atoms with Crippen LogP contribution in [0.15, 0.2) is 60.9 Å². The molecule has 1 amide bonds. The maximum Gasteiger partial charge on any atom is 0.228 e. The third-order valence-corrected chi connectivity index (χ3v) is 7.10. The molecule has 0 aliphatic carbocycles. The van der Waals surface area contributed by atoms with Gasteiger partial charge in [0.2, 0.25) is 11.9 Å². The topological polar surface area (TPSA) is 62.2 Å². The van der Waals surface area contributed by atoms with E-state index in [1.165, 1.54) is 16.3 Å². The summed E-state index contributed by atoms with van der Waals surface area (Å²) in [6.45, 7) is 4.90. The molecule has 162 valence electrons. The molecular formula is C25H25N5OS. The summed E-state index contributed by atoms with van der Waals surface area (Å²) in [5, 5.41) is 3.57. The second kappa shape index (κ2) is 9.04. The van der Waals surface area contributed by atoms with Crippen molar-refractivity contribution in [2.24, 2.45) is 0 Å². The highest BCUT2D eigenvalue weighted by molar-refractivity contribution is 7.11. The second-order valence-electron chi connectivity index (χ2n) is 8.02. The molecule has 0 bridgehead atoms. The van der Waals surface area contributed by atoms with Crippen molar-refractivity contribution in [3.8, 4) is 0 Å². The molecule has 7 heteroatoms. The van der Waals surface area contributed by atoms with Gasteiger partial charge >= 0.3 is 0 Å². The maximum absolute atomic E-state index is 13.0. The average molecular weight is 444 g/mol. The molecule has 0 spiro atoms. The minimum atomic E-state index is 0.169. The van der Waals surface area contributed by atoms with Crippen LogP contribution in [0.5, 0.6) is 0 Å². The van der Waals surface area contributed by atoms with Crippen LogP contribution in [0.3, 0.4) is 0 Å². The first-order valence-corrected chi connectivity index (χ1v) is 11.7. The highest BCUT2D eigenvalue weighted by atomic mass is 32.1. The van der Waals surface area contributed by atoms with E-state index in [2.05, 4.69) is 57.3 Å². The molecule has 0 radical (unpaired) electrons. The molecule has 1 fully saturated rings. The number of thiazole rings is 1. The maximum atomic E-state index is 13.0. The Morgan fingerprint density at radius 3 is 2.53 bits per heavy atom. The summed E-state index contributed by atoms with van der Waals surface area (Å²) in [7, 11) is 0. The van der Waals surface area contributed by atoms with Crippen molar-refractivity contribution in [1.82, 2.24) is 19.9 Å². The normalized spacial score (nSPS) is 14.2. The first-order chi connectivity index (χ1) is 15.7. The summed E-state index contributed by atoms with van der Waals surface area (Å²) in [6, 6.07) is 16.7. The molecular weight excluding hydrogens is 418 g/mol. The van der Waals surface area contributed by atoms with Crippen LogP contribution in [0.2, 0.25) is 0 Å². The van der Waals surface area contributed by atoms with Crippen LogP contribution in [0.1, 0.15) is 21.1 Å². The second-order valence-corrected chi connectivity index (χ2v) is 9.19. The van der Waals surface area contributed by atoms with E-state index in [-0.39, 0.29) is 5.91 Å². The minimum Gasteiger partial charge on any atom is -0.339 e. The summed E-state index contributed by atoms with van der Waals surface area (Å²) in [4.78, 5) is 31.5. The summed E-state index contributed by atoms with van der Waals surface area (Å²) < 4.78 is 0. The highest BCUT2D eigenvalue weighted by Gasteiger charge is 2.23. The van der Waals surface area contributed by atoms with Gasteiger partial charge < -0.3 is 9.80 Å². The number of amides is 1. The largest absolute Gasteiger partial charge is 0.339 e. The minimum absolute atomic E-state index is 0.169. The summed E-state index contributed by atoms with van der Waals surface area (Å²) >= 11 is 1.66. The molecule has 1 aliphatic rings. The van der Waals surface area contributed by atoms with Crippen molar-refractivity contribution in [2.75, 3.05) is 31.1 Å². The van der Waals surface area contributed by atoms with E-state index in [9.17, 15) is 4.79 Å². The highest BCUT2D eigenvalue weighted by Crippen LogP contribution is 2.26. The summed E-state index contributed by atoms with van der Waals surface area (Å²) in [5.74, 6) is 0.901. The number of anilines is 1. The Kier molecular flexibility index (Phi) is 5.81. The molecule has 4 aromatic rings.